The summed E-state index contributed by atoms with van der Waals surface area (Å²) in [5, 5.41) is 3.26. The molecule has 0 saturated heterocycles. The van der Waals surface area contributed by atoms with Gasteiger partial charge in [0.2, 0.25) is 0 Å². The molecule has 3 heteroatoms. The van der Waals surface area contributed by atoms with Gasteiger partial charge in [0.05, 0.1) is 13.2 Å². The summed E-state index contributed by atoms with van der Waals surface area (Å²) in [6, 6.07) is 8.34. The standard InChI is InChI=1S/C15H25NO2/c1-5-17-14-8-6-7-9-15(14)18-11-10-12(2)13(3)16-4/h6-9,12-13,16H,5,10-11H2,1-4H3. The molecule has 3 nitrogen and oxygen atoms in total. The van der Waals surface area contributed by atoms with Crippen molar-refractivity contribution in [3.05, 3.63) is 24.3 Å². The summed E-state index contributed by atoms with van der Waals surface area (Å²) >= 11 is 0. The predicted octanol–water partition coefficient (Wildman–Crippen LogP) is 3.10. The van der Waals surface area contributed by atoms with Crippen molar-refractivity contribution >= 4 is 0 Å². The highest BCUT2D eigenvalue weighted by Gasteiger charge is 2.10. The highest BCUT2D eigenvalue weighted by atomic mass is 16.5. The molecule has 0 bridgehead atoms. The van der Waals surface area contributed by atoms with Gasteiger partial charge < -0.3 is 14.8 Å². The molecule has 0 aliphatic carbocycles. The van der Waals surface area contributed by atoms with Crippen molar-refractivity contribution in [3.8, 4) is 11.5 Å². The van der Waals surface area contributed by atoms with E-state index in [0.717, 1.165) is 24.5 Å². The largest absolute Gasteiger partial charge is 0.490 e. The van der Waals surface area contributed by atoms with Crippen LogP contribution in [0.25, 0.3) is 0 Å². The molecule has 1 aromatic carbocycles. The molecule has 0 heterocycles. The maximum Gasteiger partial charge on any atom is 0.161 e. The predicted molar refractivity (Wildman–Crippen MR) is 75.4 cm³/mol. The molecular formula is C15H25NO2. The Balaban J connectivity index is 2.43. The third kappa shape index (κ3) is 4.57. The van der Waals surface area contributed by atoms with Gasteiger partial charge in [0.15, 0.2) is 11.5 Å². The number of rotatable bonds is 8. The maximum atomic E-state index is 5.80. The fraction of sp³-hybridized carbons (Fsp3) is 0.600. The van der Waals surface area contributed by atoms with Crippen molar-refractivity contribution in [2.45, 2.75) is 33.2 Å². The van der Waals surface area contributed by atoms with E-state index in [2.05, 4.69) is 19.2 Å². The molecule has 0 aliphatic heterocycles. The van der Waals surface area contributed by atoms with Gasteiger partial charge in [0.25, 0.3) is 0 Å². The number of hydrogen-bond donors (Lipinski definition) is 1. The van der Waals surface area contributed by atoms with Crippen LogP contribution in [-0.2, 0) is 0 Å². The lowest BCUT2D eigenvalue weighted by molar-refractivity contribution is 0.246. The lowest BCUT2D eigenvalue weighted by atomic mass is 10.0. The van der Waals surface area contributed by atoms with Crippen LogP contribution in [0.2, 0.25) is 0 Å². The molecule has 1 aromatic rings. The van der Waals surface area contributed by atoms with E-state index < -0.39 is 0 Å². The molecule has 1 rings (SSSR count). The van der Waals surface area contributed by atoms with E-state index in [9.17, 15) is 0 Å². The van der Waals surface area contributed by atoms with Crippen LogP contribution in [0.4, 0.5) is 0 Å². The second-order valence-electron chi connectivity index (χ2n) is 4.57. The molecular weight excluding hydrogens is 226 g/mol. The zero-order valence-electron chi connectivity index (χ0n) is 11.9. The topological polar surface area (TPSA) is 30.5 Å². The average Bonchev–Trinajstić information content (AvgIpc) is 2.40. The van der Waals surface area contributed by atoms with E-state index in [-0.39, 0.29) is 0 Å². The Labute approximate surface area is 110 Å². The normalized spacial score (nSPS) is 14.0. The first-order valence-electron chi connectivity index (χ1n) is 6.71. The fourth-order valence-corrected chi connectivity index (χ4v) is 1.73. The second-order valence-corrected chi connectivity index (χ2v) is 4.57. The number of hydrogen-bond acceptors (Lipinski definition) is 3. The van der Waals surface area contributed by atoms with E-state index in [1.54, 1.807) is 0 Å². The van der Waals surface area contributed by atoms with Crippen molar-refractivity contribution in [2.75, 3.05) is 20.3 Å². The van der Waals surface area contributed by atoms with Gasteiger partial charge in [-0.15, -0.1) is 0 Å². The SMILES string of the molecule is CCOc1ccccc1OCCC(C)C(C)NC. The van der Waals surface area contributed by atoms with Crippen molar-refractivity contribution < 1.29 is 9.47 Å². The summed E-state index contributed by atoms with van der Waals surface area (Å²) in [6.45, 7) is 7.79. The zero-order chi connectivity index (χ0) is 13.4. The Bertz CT molecular complexity index is 341. The van der Waals surface area contributed by atoms with Crippen LogP contribution < -0.4 is 14.8 Å². The van der Waals surface area contributed by atoms with Gasteiger partial charge in [-0.25, -0.2) is 0 Å². The third-order valence-corrected chi connectivity index (χ3v) is 3.29. The van der Waals surface area contributed by atoms with Crippen LogP contribution in [-0.4, -0.2) is 26.3 Å². The summed E-state index contributed by atoms with van der Waals surface area (Å²) in [7, 11) is 1.99. The van der Waals surface area contributed by atoms with Gasteiger partial charge in [-0.05, 0) is 45.4 Å². The summed E-state index contributed by atoms with van der Waals surface area (Å²) in [6.07, 6.45) is 1.03. The smallest absolute Gasteiger partial charge is 0.161 e. The number of para-hydroxylation sites is 2. The van der Waals surface area contributed by atoms with Crippen LogP contribution in [0.5, 0.6) is 11.5 Å². The van der Waals surface area contributed by atoms with Gasteiger partial charge in [-0.1, -0.05) is 19.1 Å². The van der Waals surface area contributed by atoms with Gasteiger partial charge in [-0.2, -0.15) is 0 Å². The van der Waals surface area contributed by atoms with Crippen LogP contribution in [0.15, 0.2) is 24.3 Å². The Kier molecular flexibility index (Phi) is 6.58. The van der Waals surface area contributed by atoms with E-state index in [4.69, 9.17) is 9.47 Å². The van der Waals surface area contributed by atoms with Crippen molar-refractivity contribution in [1.29, 1.82) is 0 Å². The number of nitrogens with one attached hydrogen (secondary N) is 1. The number of benzene rings is 1. The van der Waals surface area contributed by atoms with Crippen molar-refractivity contribution in [2.24, 2.45) is 5.92 Å². The summed E-state index contributed by atoms with van der Waals surface area (Å²) in [5.41, 5.74) is 0. The molecule has 2 atom stereocenters. The van der Waals surface area contributed by atoms with E-state index in [1.165, 1.54) is 0 Å². The maximum absolute atomic E-state index is 5.80. The third-order valence-electron chi connectivity index (χ3n) is 3.29. The van der Waals surface area contributed by atoms with Gasteiger partial charge >= 0.3 is 0 Å². The van der Waals surface area contributed by atoms with Crippen LogP contribution in [0.1, 0.15) is 27.2 Å². The molecule has 18 heavy (non-hydrogen) atoms. The van der Waals surface area contributed by atoms with Crippen molar-refractivity contribution in [1.82, 2.24) is 5.32 Å². The molecule has 0 saturated carbocycles. The lowest BCUT2D eigenvalue weighted by Crippen LogP contribution is -2.29. The highest BCUT2D eigenvalue weighted by molar-refractivity contribution is 5.39. The minimum absolute atomic E-state index is 0.510. The summed E-state index contributed by atoms with van der Waals surface area (Å²) in [5.74, 6) is 2.26. The fourth-order valence-electron chi connectivity index (χ4n) is 1.73. The molecule has 1 N–H and O–H groups in total. The van der Waals surface area contributed by atoms with Crippen molar-refractivity contribution in [3.63, 3.8) is 0 Å². The zero-order valence-corrected chi connectivity index (χ0v) is 11.9. The van der Waals surface area contributed by atoms with Crippen LogP contribution >= 0.6 is 0 Å². The van der Waals surface area contributed by atoms with E-state index in [1.807, 2.05) is 38.2 Å². The molecule has 0 aromatic heterocycles. The quantitative estimate of drug-likeness (QED) is 0.770. The first-order valence-corrected chi connectivity index (χ1v) is 6.71. The Morgan fingerprint density at radius 3 is 2.28 bits per heavy atom. The Morgan fingerprint density at radius 1 is 1.11 bits per heavy atom. The minimum Gasteiger partial charge on any atom is -0.490 e. The molecule has 2 unspecified atom stereocenters. The van der Waals surface area contributed by atoms with E-state index >= 15 is 0 Å². The lowest BCUT2D eigenvalue weighted by Gasteiger charge is -2.19. The van der Waals surface area contributed by atoms with E-state index in [0.29, 0.717) is 18.6 Å². The van der Waals surface area contributed by atoms with Crippen LogP contribution in [0.3, 0.4) is 0 Å². The van der Waals surface area contributed by atoms with Gasteiger partial charge in [0, 0.05) is 6.04 Å². The molecule has 102 valence electrons. The first kappa shape index (κ1) is 14.8. The molecule has 0 aliphatic rings. The summed E-state index contributed by atoms with van der Waals surface area (Å²) in [4.78, 5) is 0. The average molecular weight is 251 g/mol. The minimum atomic E-state index is 0.510. The Hall–Kier alpha value is -1.22. The molecule has 0 amide bonds. The molecule has 0 radical (unpaired) electrons. The first-order chi connectivity index (χ1) is 8.69. The van der Waals surface area contributed by atoms with Gasteiger partial charge in [0.1, 0.15) is 0 Å². The highest BCUT2D eigenvalue weighted by Crippen LogP contribution is 2.26. The summed E-state index contributed by atoms with van der Waals surface area (Å²) < 4.78 is 11.3. The second kappa shape index (κ2) is 7.98. The molecule has 0 fully saturated rings. The molecule has 0 spiro atoms. The van der Waals surface area contributed by atoms with Crippen LogP contribution in [0, 0.1) is 5.92 Å². The van der Waals surface area contributed by atoms with Gasteiger partial charge in [-0.3, -0.25) is 0 Å². The Morgan fingerprint density at radius 2 is 1.72 bits per heavy atom. The number of ether oxygens (including phenoxy) is 2. The monoisotopic (exact) mass is 251 g/mol.